The molecule has 1 atom stereocenters. The third-order valence-corrected chi connectivity index (χ3v) is 6.11. The van der Waals surface area contributed by atoms with Gasteiger partial charge in [0, 0.05) is 18.8 Å². The summed E-state index contributed by atoms with van der Waals surface area (Å²) < 4.78 is 8.18. The van der Waals surface area contributed by atoms with Crippen LogP contribution in [0.25, 0.3) is 0 Å². The van der Waals surface area contributed by atoms with Gasteiger partial charge in [0.15, 0.2) is 7.50 Å². The van der Waals surface area contributed by atoms with Crippen molar-refractivity contribution in [1.82, 2.24) is 4.67 Å². The molecule has 0 saturated carbocycles. The van der Waals surface area contributed by atoms with E-state index in [0.29, 0.717) is 0 Å². The minimum absolute atomic E-state index is 0.213. The topological polar surface area (TPSA) is 12.5 Å². The first-order valence-electron chi connectivity index (χ1n) is 4.27. The molecule has 2 aliphatic rings. The van der Waals surface area contributed by atoms with Gasteiger partial charge in [-0.3, -0.25) is 4.67 Å². The van der Waals surface area contributed by atoms with E-state index in [4.69, 9.17) is 4.52 Å². The lowest BCUT2D eigenvalue weighted by atomic mass is 10.2. The fraction of sp³-hybridized carbons (Fsp3) is 1.00. The summed E-state index contributed by atoms with van der Waals surface area (Å²) in [6, 6.07) is 0. The van der Waals surface area contributed by atoms with Crippen molar-refractivity contribution in [3.05, 3.63) is 0 Å². The Balaban J connectivity index is 1.82. The number of nitrogens with zero attached hydrogens (tertiary/aromatic N) is 1. The monoisotopic (exact) mass is 191 g/mol. The molecule has 0 aromatic rings. The van der Waals surface area contributed by atoms with Gasteiger partial charge in [0.25, 0.3) is 0 Å². The van der Waals surface area contributed by atoms with Crippen molar-refractivity contribution in [3.63, 3.8) is 0 Å². The first kappa shape index (κ1) is 8.31. The van der Waals surface area contributed by atoms with Gasteiger partial charge in [-0.1, -0.05) is 17.8 Å². The van der Waals surface area contributed by atoms with Gasteiger partial charge < -0.3 is 4.52 Å². The van der Waals surface area contributed by atoms with Crippen LogP contribution in [-0.2, 0) is 4.52 Å². The van der Waals surface area contributed by atoms with E-state index in [-0.39, 0.29) is 7.50 Å². The van der Waals surface area contributed by atoms with Crippen molar-refractivity contribution in [1.29, 1.82) is 0 Å². The molecule has 4 heteroatoms. The molecule has 0 aliphatic carbocycles. The zero-order valence-corrected chi connectivity index (χ0v) is 8.37. The van der Waals surface area contributed by atoms with Gasteiger partial charge >= 0.3 is 0 Å². The summed E-state index contributed by atoms with van der Waals surface area (Å²) in [5, 5.41) is 0. The molecule has 0 spiro atoms. The number of rotatable bonds is 1. The smallest absolute Gasteiger partial charge is 0.169 e. The van der Waals surface area contributed by atoms with Crippen molar-refractivity contribution in [2.45, 2.75) is 19.3 Å². The van der Waals surface area contributed by atoms with Gasteiger partial charge in [-0.25, -0.2) is 0 Å². The van der Waals surface area contributed by atoms with Gasteiger partial charge in [0.2, 0.25) is 0 Å². The number of piperidine rings is 1. The lowest BCUT2D eigenvalue weighted by Gasteiger charge is -2.29. The highest BCUT2D eigenvalue weighted by atomic mass is 32.7. The second-order valence-electron chi connectivity index (χ2n) is 2.92. The summed E-state index contributed by atoms with van der Waals surface area (Å²) in [6.07, 6.45) is 4.18. The molecular formula is C7H14NOPS. The van der Waals surface area contributed by atoms with Crippen LogP contribution in [-0.4, -0.2) is 30.1 Å². The molecule has 2 rings (SSSR count). The highest BCUT2D eigenvalue weighted by Crippen LogP contribution is 2.58. The summed E-state index contributed by atoms with van der Waals surface area (Å²) in [5.74, 6) is 1.21. The maximum absolute atomic E-state index is 5.65. The van der Waals surface area contributed by atoms with E-state index in [2.05, 4.69) is 4.67 Å². The maximum atomic E-state index is 5.65. The van der Waals surface area contributed by atoms with Crippen molar-refractivity contribution < 1.29 is 4.52 Å². The van der Waals surface area contributed by atoms with E-state index in [9.17, 15) is 0 Å². The molecule has 0 aromatic carbocycles. The van der Waals surface area contributed by atoms with Crippen LogP contribution < -0.4 is 0 Å². The molecule has 2 aliphatic heterocycles. The summed E-state index contributed by atoms with van der Waals surface area (Å²) in [7, 11) is -0.213. The Hall–Kier alpha value is 0.700. The molecule has 64 valence electrons. The summed E-state index contributed by atoms with van der Waals surface area (Å²) in [4.78, 5) is 0. The molecule has 2 heterocycles. The van der Waals surface area contributed by atoms with Crippen LogP contribution in [0.4, 0.5) is 0 Å². The summed E-state index contributed by atoms with van der Waals surface area (Å²) in [5.41, 5.74) is 0. The third kappa shape index (κ3) is 2.09. The predicted octanol–water partition coefficient (Wildman–Crippen LogP) is 2.46. The highest BCUT2D eigenvalue weighted by molar-refractivity contribution is 8.53. The molecule has 0 aromatic heterocycles. The predicted molar refractivity (Wildman–Crippen MR) is 50.8 cm³/mol. The molecule has 0 N–H and O–H groups in total. The molecule has 2 saturated heterocycles. The Bertz CT molecular complexity index is 124. The minimum Gasteiger partial charge on any atom is -0.334 e. The molecule has 0 radical (unpaired) electrons. The molecular weight excluding hydrogens is 177 g/mol. The Morgan fingerprint density at radius 1 is 1.18 bits per heavy atom. The van der Waals surface area contributed by atoms with Gasteiger partial charge in [0.05, 0.1) is 6.61 Å². The second kappa shape index (κ2) is 4.08. The standard InChI is InChI=1S/C7H14NOPS/c1-2-4-8(5-3-1)10-9-6-7-11-10/h1-7H2. The van der Waals surface area contributed by atoms with Crippen LogP contribution in [0.3, 0.4) is 0 Å². The van der Waals surface area contributed by atoms with Gasteiger partial charge in [0.1, 0.15) is 0 Å². The largest absolute Gasteiger partial charge is 0.334 e. The average Bonchev–Trinajstić information content (AvgIpc) is 2.58. The van der Waals surface area contributed by atoms with Crippen LogP contribution >= 0.6 is 18.9 Å². The van der Waals surface area contributed by atoms with Crippen LogP contribution in [0, 0.1) is 0 Å². The quantitative estimate of drug-likeness (QED) is 0.591. The van der Waals surface area contributed by atoms with Crippen LogP contribution in [0.1, 0.15) is 19.3 Å². The lowest BCUT2D eigenvalue weighted by Crippen LogP contribution is -2.23. The Morgan fingerprint density at radius 2 is 2.00 bits per heavy atom. The Labute approximate surface area is 73.3 Å². The molecule has 1 unspecified atom stereocenters. The van der Waals surface area contributed by atoms with Crippen molar-refractivity contribution in [3.8, 4) is 0 Å². The van der Waals surface area contributed by atoms with E-state index in [1.54, 1.807) is 0 Å². The molecule has 11 heavy (non-hydrogen) atoms. The minimum atomic E-state index is -0.213. The normalized spacial score (nSPS) is 34.4. The lowest BCUT2D eigenvalue weighted by molar-refractivity contribution is 0.311. The van der Waals surface area contributed by atoms with Crippen LogP contribution in [0.5, 0.6) is 0 Å². The number of hydrogen-bond acceptors (Lipinski definition) is 3. The van der Waals surface area contributed by atoms with Crippen molar-refractivity contribution in [2.75, 3.05) is 25.4 Å². The fourth-order valence-electron chi connectivity index (χ4n) is 1.47. The van der Waals surface area contributed by atoms with E-state index in [0.717, 1.165) is 6.61 Å². The molecule has 0 amide bonds. The van der Waals surface area contributed by atoms with E-state index >= 15 is 0 Å². The third-order valence-electron chi connectivity index (χ3n) is 2.05. The van der Waals surface area contributed by atoms with E-state index in [1.807, 2.05) is 11.4 Å². The summed E-state index contributed by atoms with van der Waals surface area (Å²) in [6.45, 7) is 3.53. The fourth-order valence-corrected chi connectivity index (χ4v) is 5.29. The number of hydrogen-bond donors (Lipinski definition) is 0. The first-order valence-corrected chi connectivity index (χ1v) is 7.08. The van der Waals surface area contributed by atoms with Gasteiger partial charge in [-0.15, -0.1) is 0 Å². The Kier molecular flexibility index (Phi) is 3.08. The zero-order chi connectivity index (χ0) is 7.52. The van der Waals surface area contributed by atoms with Crippen molar-refractivity contribution in [2.24, 2.45) is 0 Å². The van der Waals surface area contributed by atoms with Crippen LogP contribution in [0.2, 0.25) is 0 Å². The molecule has 0 bridgehead atoms. The Morgan fingerprint density at radius 3 is 2.64 bits per heavy atom. The molecule has 2 fully saturated rings. The van der Waals surface area contributed by atoms with E-state index < -0.39 is 0 Å². The average molecular weight is 191 g/mol. The van der Waals surface area contributed by atoms with Crippen LogP contribution in [0.15, 0.2) is 0 Å². The zero-order valence-electron chi connectivity index (χ0n) is 6.66. The highest BCUT2D eigenvalue weighted by Gasteiger charge is 2.25. The second-order valence-corrected chi connectivity index (χ2v) is 6.60. The van der Waals surface area contributed by atoms with Crippen molar-refractivity contribution >= 4 is 18.9 Å². The maximum Gasteiger partial charge on any atom is 0.169 e. The molecule has 2 nitrogen and oxygen atoms in total. The SMILES string of the molecule is C1CCN(P2OCCS2)CC1. The van der Waals surface area contributed by atoms with Gasteiger partial charge in [-0.05, 0) is 12.8 Å². The van der Waals surface area contributed by atoms with Gasteiger partial charge in [-0.2, -0.15) is 0 Å². The summed E-state index contributed by atoms with van der Waals surface area (Å²) >= 11 is 2.02. The first-order chi connectivity index (χ1) is 5.47. The van der Waals surface area contributed by atoms with E-state index in [1.165, 1.54) is 38.1 Å².